The summed E-state index contributed by atoms with van der Waals surface area (Å²) in [5.74, 6) is 0.0843. The molecule has 0 aliphatic rings. The van der Waals surface area contributed by atoms with Gasteiger partial charge in [-0.2, -0.15) is 0 Å². The lowest BCUT2D eigenvalue weighted by Gasteiger charge is -2.21. The van der Waals surface area contributed by atoms with Crippen LogP contribution in [-0.2, 0) is 65.4 Å². The molecule has 0 bridgehead atoms. The minimum absolute atomic E-state index is 0.102. The number of hydrogen-bond donors (Lipinski definition) is 3. The van der Waals surface area contributed by atoms with Crippen LogP contribution in [0.4, 0.5) is 0 Å². The zero-order chi connectivity index (χ0) is 71.6. The Morgan fingerprint density at radius 3 is 0.784 bits per heavy atom. The average Bonchev–Trinajstić information content (AvgIpc) is 1.23. The molecule has 0 rings (SSSR count). The van der Waals surface area contributed by atoms with Crippen LogP contribution in [0.2, 0.25) is 0 Å². The minimum atomic E-state index is -4.96. The number of aliphatic hydroxyl groups excluding tert-OH is 1. The summed E-state index contributed by atoms with van der Waals surface area (Å²) in [6, 6.07) is 0. The molecule has 0 radical (unpaired) electrons. The zero-order valence-electron chi connectivity index (χ0n) is 63.5. The molecule has 97 heavy (non-hydrogen) atoms. The number of rotatable bonds is 76. The monoisotopic (exact) mass is 1420 g/mol. The summed E-state index contributed by atoms with van der Waals surface area (Å²) in [6.07, 6.45) is 55.9. The molecule has 0 saturated carbocycles. The van der Waals surface area contributed by atoms with E-state index in [0.29, 0.717) is 31.6 Å². The van der Waals surface area contributed by atoms with Gasteiger partial charge in [0.1, 0.15) is 19.3 Å². The highest BCUT2D eigenvalue weighted by Crippen LogP contribution is 2.45. The van der Waals surface area contributed by atoms with Crippen LogP contribution in [0, 0.1) is 17.8 Å². The molecule has 0 aliphatic carbocycles. The van der Waals surface area contributed by atoms with Gasteiger partial charge in [0.15, 0.2) is 12.2 Å². The molecule has 0 heterocycles. The summed E-state index contributed by atoms with van der Waals surface area (Å²) >= 11 is 0. The van der Waals surface area contributed by atoms with Gasteiger partial charge in [0, 0.05) is 25.7 Å². The second-order valence-electron chi connectivity index (χ2n) is 29.3. The smallest absolute Gasteiger partial charge is 0.462 e. The van der Waals surface area contributed by atoms with Crippen LogP contribution in [0.25, 0.3) is 0 Å². The fourth-order valence-corrected chi connectivity index (χ4v) is 13.5. The van der Waals surface area contributed by atoms with Gasteiger partial charge in [-0.15, -0.1) is 0 Å². The summed E-state index contributed by atoms with van der Waals surface area (Å²) in [6.45, 7) is 11.8. The number of carbonyl (C=O) groups excluding carboxylic acids is 4. The maximum atomic E-state index is 13.1. The molecule has 6 atom stereocenters. The number of carbonyl (C=O) groups is 4. The normalized spacial score (nSPS) is 14.3. The van der Waals surface area contributed by atoms with Crippen molar-refractivity contribution in [2.75, 3.05) is 39.6 Å². The van der Waals surface area contributed by atoms with E-state index in [1.165, 1.54) is 205 Å². The van der Waals surface area contributed by atoms with Gasteiger partial charge in [-0.1, -0.05) is 350 Å². The molecule has 0 aromatic rings. The fraction of sp³-hybridized carbons (Fsp3) is 0.949. The second kappa shape index (κ2) is 68.5. The van der Waals surface area contributed by atoms with Gasteiger partial charge < -0.3 is 33.8 Å². The summed E-state index contributed by atoms with van der Waals surface area (Å²) in [5.41, 5.74) is 0. The highest BCUT2D eigenvalue weighted by Gasteiger charge is 2.30. The Hall–Kier alpha value is -1.94. The van der Waals surface area contributed by atoms with Crippen molar-refractivity contribution in [1.82, 2.24) is 0 Å². The molecule has 576 valence electrons. The van der Waals surface area contributed by atoms with E-state index in [1.54, 1.807) is 0 Å². The van der Waals surface area contributed by atoms with Crippen molar-refractivity contribution in [3.05, 3.63) is 0 Å². The molecular formula is C78H152O17P2. The zero-order valence-corrected chi connectivity index (χ0v) is 65.3. The topological polar surface area (TPSA) is 237 Å². The van der Waals surface area contributed by atoms with Crippen molar-refractivity contribution >= 4 is 39.5 Å². The number of hydrogen-bond acceptors (Lipinski definition) is 15. The van der Waals surface area contributed by atoms with Gasteiger partial charge in [-0.25, -0.2) is 9.13 Å². The standard InChI is InChI=1S/C78H152O17P2/c1-8-10-11-12-13-14-15-16-17-18-19-20-21-24-28-31-34-37-47-54-61-77(82)94-73(65-88-75(80)59-52-45-36-33-30-27-25-22-23-26-29-32-35-42-49-56-69(3)4)67-92-96(84,85)90-63-72(79)64-91-97(86,87)93-68-74(66-89-76(81)60-53-46-40-38-43-50-57-70(5)6)95-78(83)62-55-48-41-39-44-51-58-71(7)9-2/h69-74,79H,8-68H2,1-7H3,(H,84,85)(H,86,87)/t71?,72-,73-,74-/m1/s1. The van der Waals surface area contributed by atoms with E-state index in [-0.39, 0.29) is 25.7 Å². The number of aliphatic hydroxyl groups is 1. The second-order valence-corrected chi connectivity index (χ2v) is 32.2. The summed E-state index contributed by atoms with van der Waals surface area (Å²) in [4.78, 5) is 72.8. The molecule has 0 saturated heterocycles. The van der Waals surface area contributed by atoms with Crippen molar-refractivity contribution in [1.29, 1.82) is 0 Å². The Morgan fingerprint density at radius 1 is 0.299 bits per heavy atom. The number of phosphoric acid groups is 2. The van der Waals surface area contributed by atoms with E-state index in [2.05, 4.69) is 48.5 Å². The van der Waals surface area contributed by atoms with Gasteiger partial charge in [0.05, 0.1) is 26.4 Å². The molecule has 0 aliphatic heterocycles. The first-order valence-corrected chi connectivity index (χ1v) is 43.4. The number of esters is 4. The summed E-state index contributed by atoms with van der Waals surface area (Å²) < 4.78 is 68.5. The molecule has 3 unspecified atom stereocenters. The Kier molecular flexibility index (Phi) is 67.1. The molecular weight excluding hydrogens is 1270 g/mol. The first-order chi connectivity index (χ1) is 46.8. The van der Waals surface area contributed by atoms with E-state index >= 15 is 0 Å². The predicted molar refractivity (Wildman–Crippen MR) is 395 cm³/mol. The van der Waals surface area contributed by atoms with Gasteiger partial charge in [0.2, 0.25) is 0 Å². The van der Waals surface area contributed by atoms with Gasteiger partial charge in [0.25, 0.3) is 0 Å². The SMILES string of the molecule is CCCCCCCCCCCCCCCCCCCCCCC(=O)O[C@H](COC(=O)CCCCCCCCCCCCCCCCCC(C)C)COP(=O)(O)OC[C@@H](O)COP(=O)(O)OC[C@@H](COC(=O)CCCCCCCCC(C)C)OC(=O)CCCCCCCCC(C)CC. The van der Waals surface area contributed by atoms with Gasteiger partial charge in [-0.05, 0) is 43.4 Å². The maximum absolute atomic E-state index is 13.1. The molecule has 0 fully saturated rings. The van der Waals surface area contributed by atoms with Crippen LogP contribution in [0.1, 0.15) is 402 Å². The lowest BCUT2D eigenvalue weighted by Crippen LogP contribution is -2.30. The number of ether oxygens (including phenoxy) is 4. The predicted octanol–water partition coefficient (Wildman–Crippen LogP) is 23.0. The fourth-order valence-electron chi connectivity index (χ4n) is 11.9. The minimum Gasteiger partial charge on any atom is -0.462 e. The third-order valence-electron chi connectivity index (χ3n) is 18.5. The van der Waals surface area contributed by atoms with Crippen LogP contribution in [-0.4, -0.2) is 96.7 Å². The molecule has 0 aromatic heterocycles. The van der Waals surface area contributed by atoms with Crippen molar-refractivity contribution in [2.24, 2.45) is 17.8 Å². The average molecular weight is 1420 g/mol. The van der Waals surface area contributed by atoms with Crippen molar-refractivity contribution in [3.8, 4) is 0 Å². The Balaban J connectivity index is 5.20. The van der Waals surface area contributed by atoms with Gasteiger partial charge in [-0.3, -0.25) is 37.3 Å². The van der Waals surface area contributed by atoms with E-state index < -0.39 is 97.5 Å². The highest BCUT2D eigenvalue weighted by molar-refractivity contribution is 7.47. The van der Waals surface area contributed by atoms with Crippen molar-refractivity contribution < 1.29 is 80.2 Å². The lowest BCUT2D eigenvalue weighted by atomic mass is 10.00. The van der Waals surface area contributed by atoms with Crippen LogP contribution < -0.4 is 0 Å². The maximum Gasteiger partial charge on any atom is 0.472 e. The largest absolute Gasteiger partial charge is 0.472 e. The molecule has 0 aromatic carbocycles. The Labute approximate surface area is 594 Å². The van der Waals surface area contributed by atoms with Crippen molar-refractivity contribution in [3.63, 3.8) is 0 Å². The number of unbranched alkanes of at least 4 members (excludes halogenated alkanes) is 43. The summed E-state index contributed by atoms with van der Waals surface area (Å²) in [7, 11) is -9.91. The van der Waals surface area contributed by atoms with Gasteiger partial charge >= 0.3 is 39.5 Å². The third-order valence-corrected chi connectivity index (χ3v) is 20.4. The number of phosphoric ester groups is 2. The quantitative estimate of drug-likeness (QED) is 0.0222. The highest BCUT2D eigenvalue weighted by atomic mass is 31.2. The lowest BCUT2D eigenvalue weighted by molar-refractivity contribution is -0.161. The Bertz CT molecular complexity index is 1890. The van der Waals surface area contributed by atoms with E-state index in [9.17, 15) is 43.2 Å². The van der Waals surface area contributed by atoms with Crippen LogP contribution in [0.15, 0.2) is 0 Å². The molecule has 17 nitrogen and oxygen atoms in total. The van der Waals surface area contributed by atoms with E-state index in [1.807, 2.05) is 0 Å². The van der Waals surface area contributed by atoms with Crippen LogP contribution in [0.5, 0.6) is 0 Å². The molecule has 0 amide bonds. The molecule has 3 N–H and O–H groups in total. The first-order valence-electron chi connectivity index (χ1n) is 40.4. The van der Waals surface area contributed by atoms with E-state index in [0.717, 1.165) is 108 Å². The van der Waals surface area contributed by atoms with Crippen molar-refractivity contribution in [2.45, 2.75) is 420 Å². The van der Waals surface area contributed by atoms with Crippen LogP contribution >= 0.6 is 15.6 Å². The molecule has 0 spiro atoms. The Morgan fingerprint density at radius 2 is 0.526 bits per heavy atom. The first kappa shape index (κ1) is 95.1. The third kappa shape index (κ3) is 70.9. The summed E-state index contributed by atoms with van der Waals surface area (Å²) in [5, 5.41) is 10.6. The van der Waals surface area contributed by atoms with E-state index in [4.69, 9.17) is 37.0 Å². The van der Waals surface area contributed by atoms with Crippen LogP contribution in [0.3, 0.4) is 0 Å². The molecule has 19 heteroatoms.